The van der Waals surface area contributed by atoms with Gasteiger partial charge in [0.05, 0.1) is 11.9 Å². The average molecular weight is 376 g/mol. The minimum Gasteiger partial charge on any atom is -0.357 e. The number of anilines is 3. The third-order valence-corrected chi connectivity index (χ3v) is 3.50. The van der Waals surface area contributed by atoms with Gasteiger partial charge in [0.2, 0.25) is 5.95 Å². The molecule has 0 saturated carbocycles. The number of benzene rings is 1. The molecule has 0 spiro atoms. The fourth-order valence-corrected chi connectivity index (χ4v) is 2.51. The van der Waals surface area contributed by atoms with Crippen LogP contribution in [0.15, 0.2) is 33.3 Å². The van der Waals surface area contributed by atoms with Crippen LogP contribution in [0.2, 0.25) is 0 Å². The summed E-state index contributed by atoms with van der Waals surface area (Å²) in [7, 11) is 1.67. The first kappa shape index (κ1) is 13.2. The summed E-state index contributed by atoms with van der Waals surface area (Å²) in [6.07, 6.45) is 1.12. The average Bonchev–Trinajstić information content (AvgIpc) is 2.36. The monoisotopic (exact) mass is 374 g/mol. The molecule has 0 unspecified atom stereocenters. The van der Waals surface area contributed by atoms with E-state index < -0.39 is 5.82 Å². The summed E-state index contributed by atoms with van der Waals surface area (Å²) < 4.78 is 15.2. The van der Waals surface area contributed by atoms with Crippen molar-refractivity contribution in [2.45, 2.75) is 0 Å². The SMILES string of the molecule is CNc1ncc(F)c(Nc2c(Br)cccc2Br)n1. The number of halogens is 3. The Morgan fingerprint density at radius 2 is 1.89 bits per heavy atom. The van der Waals surface area contributed by atoms with Crippen LogP contribution in [0.5, 0.6) is 0 Å². The molecule has 1 aromatic heterocycles. The maximum absolute atomic E-state index is 13.6. The maximum Gasteiger partial charge on any atom is 0.224 e. The summed E-state index contributed by atoms with van der Waals surface area (Å²) in [5.41, 5.74) is 0.706. The maximum atomic E-state index is 13.6. The van der Waals surface area contributed by atoms with Crippen LogP contribution >= 0.6 is 31.9 Å². The van der Waals surface area contributed by atoms with Crippen molar-refractivity contribution in [1.29, 1.82) is 0 Å². The first-order chi connectivity index (χ1) is 8.61. The molecule has 0 atom stereocenters. The zero-order valence-electron chi connectivity index (χ0n) is 9.34. The summed E-state index contributed by atoms with van der Waals surface area (Å²) in [6, 6.07) is 5.57. The van der Waals surface area contributed by atoms with Crippen molar-refractivity contribution in [1.82, 2.24) is 9.97 Å². The van der Waals surface area contributed by atoms with E-state index in [0.717, 1.165) is 15.1 Å². The Kier molecular flexibility index (Phi) is 4.13. The van der Waals surface area contributed by atoms with Gasteiger partial charge in [-0.2, -0.15) is 4.98 Å². The summed E-state index contributed by atoms with van der Waals surface area (Å²) in [5, 5.41) is 5.68. The molecule has 0 fully saturated rings. The topological polar surface area (TPSA) is 49.8 Å². The lowest BCUT2D eigenvalue weighted by atomic mass is 10.3. The standard InChI is InChI=1S/C11H9Br2FN4/c1-15-11-16-5-8(14)10(18-11)17-9-6(12)3-2-4-7(9)13/h2-5H,1H3,(H2,15,16,17,18). The summed E-state index contributed by atoms with van der Waals surface area (Å²) >= 11 is 6.78. The molecule has 1 aromatic carbocycles. The highest BCUT2D eigenvalue weighted by molar-refractivity contribution is 9.11. The summed E-state index contributed by atoms with van der Waals surface area (Å²) in [6.45, 7) is 0. The van der Waals surface area contributed by atoms with Gasteiger partial charge in [-0.3, -0.25) is 0 Å². The fourth-order valence-electron chi connectivity index (χ4n) is 1.31. The lowest BCUT2D eigenvalue weighted by Crippen LogP contribution is -2.03. The van der Waals surface area contributed by atoms with Crippen LogP contribution in [0.4, 0.5) is 21.8 Å². The number of para-hydroxylation sites is 1. The van der Waals surface area contributed by atoms with E-state index in [1.165, 1.54) is 0 Å². The normalized spacial score (nSPS) is 10.2. The van der Waals surface area contributed by atoms with Crippen LogP contribution in [0.1, 0.15) is 0 Å². The molecule has 0 bridgehead atoms. The second kappa shape index (κ2) is 5.62. The summed E-state index contributed by atoms with van der Waals surface area (Å²) in [4.78, 5) is 7.80. The number of aromatic nitrogens is 2. The third-order valence-electron chi connectivity index (χ3n) is 2.17. The van der Waals surface area contributed by atoms with Gasteiger partial charge in [0, 0.05) is 16.0 Å². The molecule has 4 nitrogen and oxygen atoms in total. The van der Waals surface area contributed by atoms with E-state index >= 15 is 0 Å². The second-order valence-electron chi connectivity index (χ2n) is 3.36. The Hall–Kier alpha value is -1.21. The molecule has 2 aromatic rings. The third kappa shape index (κ3) is 2.78. The van der Waals surface area contributed by atoms with E-state index in [0.29, 0.717) is 11.6 Å². The molecular weight excluding hydrogens is 367 g/mol. The van der Waals surface area contributed by atoms with Crippen LogP contribution in [0.3, 0.4) is 0 Å². The molecule has 94 valence electrons. The molecule has 7 heteroatoms. The summed E-state index contributed by atoms with van der Waals surface area (Å²) in [5.74, 6) is -0.0549. The second-order valence-corrected chi connectivity index (χ2v) is 5.07. The smallest absolute Gasteiger partial charge is 0.224 e. The van der Waals surface area contributed by atoms with Crippen molar-refractivity contribution in [3.8, 4) is 0 Å². The van der Waals surface area contributed by atoms with Gasteiger partial charge in [-0.05, 0) is 44.0 Å². The van der Waals surface area contributed by atoms with Crippen molar-refractivity contribution in [3.05, 3.63) is 39.2 Å². The Balaban J connectivity index is 2.39. The Labute approximate surface area is 120 Å². The Morgan fingerprint density at radius 1 is 1.22 bits per heavy atom. The van der Waals surface area contributed by atoms with Crippen molar-refractivity contribution in [2.75, 3.05) is 17.7 Å². The van der Waals surface area contributed by atoms with Crippen LogP contribution in [-0.4, -0.2) is 17.0 Å². The zero-order chi connectivity index (χ0) is 13.1. The van der Waals surface area contributed by atoms with Gasteiger partial charge in [0.15, 0.2) is 11.6 Å². The van der Waals surface area contributed by atoms with Crippen LogP contribution < -0.4 is 10.6 Å². The van der Waals surface area contributed by atoms with Crippen LogP contribution in [0, 0.1) is 5.82 Å². The van der Waals surface area contributed by atoms with Gasteiger partial charge in [0.1, 0.15) is 0 Å². The molecule has 0 amide bonds. The molecule has 18 heavy (non-hydrogen) atoms. The molecule has 0 aliphatic heterocycles. The first-order valence-corrected chi connectivity index (χ1v) is 6.61. The van der Waals surface area contributed by atoms with Crippen LogP contribution in [0.25, 0.3) is 0 Å². The highest BCUT2D eigenvalue weighted by Crippen LogP contribution is 2.33. The van der Waals surface area contributed by atoms with E-state index in [9.17, 15) is 4.39 Å². The predicted octanol–water partition coefficient (Wildman–Crippen LogP) is 3.93. The number of hydrogen-bond acceptors (Lipinski definition) is 4. The van der Waals surface area contributed by atoms with Crippen molar-refractivity contribution in [2.24, 2.45) is 0 Å². The number of nitrogens with one attached hydrogen (secondary N) is 2. The molecular formula is C11H9Br2FN4. The quantitative estimate of drug-likeness (QED) is 0.853. The largest absolute Gasteiger partial charge is 0.357 e. The van der Waals surface area contributed by atoms with E-state index in [-0.39, 0.29) is 5.82 Å². The first-order valence-electron chi connectivity index (χ1n) is 5.03. The minimum atomic E-state index is -0.517. The fraction of sp³-hybridized carbons (Fsp3) is 0.0909. The van der Waals surface area contributed by atoms with E-state index in [2.05, 4.69) is 52.5 Å². The van der Waals surface area contributed by atoms with E-state index in [1.807, 2.05) is 18.2 Å². The van der Waals surface area contributed by atoms with Crippen molar-refractivity contribution >= 4 is 49.3 Å². The molecule has 0 aliphatic carbocycles. The molecule has 0 radical (unpaired) electrons. The number of nitrogens with zero attached hydrogens (tertiary/aromatic N) is 2. The Bertz CT molecular complexity index is 557. The van der Waals surface area contributed by atoms with Gasteiger partial charge in [-0.25, -0.2) is 9.37 Å². The molecule has 0 saturated heterocycles. The van der Waals surface area contributed by atoms with Gasteiger partial charge >= 0.3 is 0 Å². The lowest BCUT2D eigenvalue weighted by Gasteiger charge is -2.11. The number of rotatable bonds is 3. The van der Waals surface area contributed by atoms with Crippen LogP contribution in [-0.2, 0) is 0 Å². The van der Waals surface area contributed by atoms with E-state index in [1.54, 1.807) is 7.05 Å². The molecule has 2 rings (SSSR count). The van der Waals surface area contributed by atoms with Gasteiger partial charge in [-0.1, -0.05) is 6.07 Å². The Morgan fingerprint density at radius 3 is 2.50 bits per heavy atom. The predicted molar refractivity (Wildman–Crippen MR) is 76.7 cm³/mol. The molecule has 1 heterocycles. The zero-order valence-corrected chi connectivity index (χ0v) is 12.5. The highest BCUT2D eigenvalue weighted by atomic mass is 79.9. The van der Waals surface area contributed by atoms with E-state index in [4.69, 9.17) is 0 Å². The van der Waals surface area contributed by atoms with Gasteiger partial charge in [-0.15, -0.1) is 0 Å². The van der Waals surface area contributed by atoms with Crippen molar-refractivity contribution < 1.29 is 4.39 Å². The molecule has 0 aliphatic rings. The molecule has 2 N–H and O–H groups in total. The minimum absolute atomic E-state index is 0.113. The van der Waals surface area contributed by atoms with Gasteiger partial charge in [0.25, 0.3) is 0 Å². The lowest BCUT2D eigenvalue weighted by molar-refractivity contribution is 0.619. The highest BCUT2D eigenvalue weighted by Gasteiger charge is 2.10. The van der Waals surface area contributed by atoms with Crippen molar-refractivity contribution in [3.63, 3.8) is 0 Å². The number of hydrogen-bond donors (Lipinski definition) is 2. The van der Waals surface area contributed by atoms with Gasteiger partial charge < -0.3 is 10.6 Å².